The van der Waals surface area contributed by atoms with Crippen LogP contribution in [0.25, 0.3) is 0 Å². The number of aliphatic carboxylic acids is 3. The highest BCUT2D eigenvalue weighted by atomic mass is 16.5. The van der Waals surface area contributed by atoms with Crippen LogP contribution in [0.2, 0.25) is 0 Å². The molecule has 0 saturated heterocycles. The zero-order chi connectivity index (χ0) is 27.6. The van der Waals surface area contributed by atoms with Gasteiger partial charge < -0.3 is 36.8 Å². The van der Waals surface area contributed by atoms with E-state index in [0.29, 0.717) is 25.8 Å². The van der Waals surface area contributed by atoms with E-state index in [1.807, 2.05) is 60.7 Å². The molecule has 0 bridgehead atoms. The van der Waals surface area contributed by atoms with E-state index >= 15 is 0 Å². The third kappa shape index (κ3) is 14.3. The molecule has 0 aliphatic rings. The van der Waals surface area contributed by atoms with Crippen molar-refractivity contribution in [3.05, 3.63) is 71.8 Å². The summed E-state index contributed by atoms with van der Waals surface area (Å²) >= 11 is 0. The Balaban J connectivity index is 0.000000375. The average molecular weight is 518 g/mol. The molecule has 37 heavy (non-hydrogen) atoms. The van der Waals surface area contributed by atoms with Gasteiger partial charge in [-0.05, 0) is 43.2 Å². The smallest absolute Gasteiger partial charge is 0.407 e. The lowest BCUT2D eigenvalue weighted by molar-refractivity contribution is -0.143. The maximum atomic E-state index is 11.4. The molecule has 0 aliphatic heterocycles. The summed E-state index contributed by atoms with van der Waals surface area (Å²) in [5, 5.41) is 28.9. The lowest BCUT2D eigenvalue weighted by atomic mass is 9.93. The monoisotopic (exact) mass is 517 g/mol. The molecular weight excluding hydrogens is 482 g/mol. The standard InChI is InChI=1S/C14H20N2O4.C12H15NO4/c15-12(13(17)18)8-4-5-9-16-14(19)20-10-11-6-2-1-3-7-11;13-10(12(16)17)7-9(11(14)15)6-8-4-2-1-3-5-8/h1-3,6-7,12H,4-5,8-10,15H2,(H,16,19)(H,17,18);1-5,9-10H,6-7,13H2,(H,14,15)(H,16,17)/t12-;9?,10-/m00/s1. The molecule has 11 nitrogen and oxygen atoms in total. The minimum absolute atomic E-state index is 0.0699. The van der Waals surface area contributed by atoms with Crippen molar-refractivity contribution in [3.63, 3.8) is 0 Å². The molecule has 1 amide bonds. The number of alkyl carbamates (subject to hydrolysis) is 1. The van der Waals surface area contributed by atoms with Gasteiger partial charge in [0, 0.05) is 6.54 Å². The summed E-state index contributed by atoms with van der Waals surface area (Å²) in [6, 6.07) is 16.5. The summed E-state index contributed by atoms with van der Waals surface area (Å²) in [4.78, 5) is 43.5. The number of rotatable bonds is 14. The van der Waals surface area contributed by atoms with Crippen molar-refractivity contribution in [1.29, 1.82) is 0 Å². The summed E-state index contributed by atoms with van der Waals surface area (Å²) in [6.45, 7) is 0.677. The number of hydrogen-bond donors (Lipinski definition) is 6. The second-order valence-corrected chi connectivity index (χ2v) is 8.33. The van der Waals surface area contributed by atoms with Crippen LogP contribution in [0.15, 0.2) is 60.7 Å². The quantitative estimate of drug-likeness (QED) is 0.202. The van der Waals surface area contributed by atoms with Crippen LogP contribution in [0.4, 0.5) is 4.79 Å². The molecule has 2 aromatic carbocycles. The Labute approximate surface area is 215 Å². The molecule has 0 aromatic heterocycles. The average Bonchev–Trinajstić information content (AvgIpc) is 2.88. The topological polar surface area (TPSA) is 202 Å². The van der Waals surface area contributed by atoms with Gasteiger partial charge in [-0.25, -0.2) is 4.79 Å². The van der Waals surface area contributed by atoms with Gasteiger partial charge in [0.05, 0.1) is 5.92 Å². The second-order valence-electron chi connectivity index (χ2n) is 8.33. The number of unbranched alkanes of at least 4 members (excludes halogenated alkanes) is 1. The van der Waals surface area contributed by atoms with Crippen LogP contribution in [0.3, 0.4) is 0 Å². The normalized spacial score (nSPS) is 12.7. The number of benzene rings is 2. The van der Waals surface area contributed by atoms with Crippen molar-refractivity contribution in [1.82, 2.24) is 5.32 Å². The van der Waals surface area contributed by atoms with Crippen molar-refractivity contribution in [2.75, 3.05) is 6.54 Å². The van der Waals surface area contributed by atoms with Gasteiger partial charge in [0.1, 0.15) is 18.7 Å². The Morgan fingerprint density at radius 1 is 0.757 bits per heavy atom. The van der Waals surface area contributed by atoms with Crippen LogP contribution < -0.4 is 16.8 Å². The van der Waals surface area contributed by atoms with Crippen LogP contribution in [0.5, 0.6) is 0 Å². The Hall–Kier alpha value is -3.96. The van der Waals surface area contributed by atoms with E-state index in [1.165, 1.54) is 0 Å². The maximum Gasteiger partial charge on any atom is 0.407 e. The molecule has 2 rings (SSSR count). The van der Waals surface area contributed by atoms with Crippen LogP contribution in [0, 0.1) is 5.92 Å². The van der Waals surface area contributed by atoms with Gasteiger partial charge in [-0.1, -0.05) is 60.7 Å². The Bertz CT molecular complexity index is 972. The van der Waals surface area contributed by atoms with Crippen molar-refractivity contribution in [2.24, 2.45) is 17.4 Å². The maximum absolute atomic E-state index is 11.4. The van der Waals surface area contributed by atoms with Crippen LogP contribution in [-0.2, 0) is 32.1 Å². The zero-order valence-electron chi connectivity index (χ0n) is 20.5. The minimum atomic E-state index is -1.18. The highest BCUT2D eigenvalue weighted by molar-refractivity contribution is 5.76. The minimum Gasteiger partial charge on any atom is -0.481 e. The highest BCUT2D eigenvalue weighted by Crippen LogP contribution is 2.14. The van der Waals surface area contributed by atoms with Crippen LogP contribution >= 0.6 is 0 Å². The van der Waals surface area contributed by atoms with E-state index in [4.69, 9.17) is 31.5 Å². The summed E-state index contributed by atoms with van der Waals surface area (Å²) in [6.07, 6.45) is 1.46. The molecule has 11 heteroatoms. The molecular formula is C26H35N3O8. The highest BCUT2D eigenvalue weighted by Gasteiger charge is 2.24. The van der Waals surface area contributed by atoms with E-state index in [9.17, 15) is 19.2 Å². The molecule has 0 heterocycles. The summed E-state index contributed by atoms with van der Waals surface area (Å²) in [5.74, 6) is -3.97. The molecule has 0 aliphatic carbocycles. The number of ether oxygens (including phenoxy) is 1. The fraction of sp³-hybridized carbons (Fsp3) is 0.385. The van der Waals surface area contributed by atoms with E-state index in [-0.39, 0.29) is 19.4 Å². The molecule has 3 atom stereocenters. The zero-order valence-corrected chi connectivity index (χ0v) is 20.5. The van der Waals surface area contributed by atoms with E-state index in [0.717, 1.165) is 11.1 Å². The van der Waals surface area contributed by atoms with Crippen molar-refractivity contribution < 1.29 is 39.2 Å². The SMILES string of the molecule is N[C@@H](CC(Cc1ccccc1)C(=O)O)C(=O)O.N[C@@H](CCCCNC(=O)OCc1ccccc1)C(=O)O. The number of nitrogens with two attached hydrogens (primary N) is 2. The van der Waals surface area contributed by atoms with Gasteiger partial charge in [-0.3, -0.25) is 14.4 Å². The van der Waals surface area contributed by atoms with Crippen molar-refractivity contribution in [2.45, 2.75) is 50.8 Å². The predicted molar refractivity (Wildman–Crippen MR) is 136 cm³/mol. The number of nitrogens with one attached hydrogen (secondary N) is 1. The van der Waals surface area contributed by atoms with Gasteiger partial charge in [0.25, 0.3) is 0 Å². The van der Waals surface area contributed by atoms with Gasteiger partial charge in [0.2, 0.25) is 0 Å². The fourth-order valence-electron chi connectivity index (χ4n) is 3.15. The van der Waals surface area contributed by atoms with Gasteiger partial charge in [-0.2, -0.15) is 0 Å². The number of hydrogen-bond acceptors (Lipinski definition) is 7. The first-order chi connectivity index (χ1) is 17.6. The van der Waals surface area contributed by atoms with Crippen molar-refractivity contribution in [3.8, 4) is 0 Å². The number of carbonyl (C=O) groups excluding carboxylic acids is 1. The lowest BCUT2D eigenvalue weighted by Crippen LogP contribution is -2.35. The first kappa shape index (κ1) is 31.1. The summed E-state index contributed by atoms with van der Waals surface area (Å²) in [5.41, 5.74) is 12.5. The van der Waals surface area contributed by atoms with Crippen LogP contribution in [-0.4, -0.2) is 57.9 Å². The van der Waals surface area contributed by atoms with Gasteiger partial charge in [0.15, 0.2) is 0 Å². The molecule has 0 spiro atoms. The molecule has 0 radical (unpaired) electrons. The number of carboxylic acids is 3. The Kier molecular flexibility index (Phi) is 14.7. The Morgan fingerprint density at radius 3 is 1.81 bits per heavy atom. The van der Waals surface area contributed by atoms with Gasteiger partial charge >= 0.3 is 24.0 Å². The van der Waals surface area contributed by atoms with Crippen LogP contribution in [0.1, 0.15) is 36.8 Å². The first-order valence-electron chi connectivity index (χ1n) is 11.8. The van der Waals surface area contributed by atoms with E-state index in [1.54, 1.807) is 0 Å². The predicted octanol–water partition coefficient (Wildman–Crippen LogP) is 2.23. The third-order valence-electron chi connectivity index (χ3n) is 5.27. The number of amides is 1. The largest absolute Gasteiger partial charge is 0.481 e. The fourth-order valence-corrected chi connectivity index (χ4v) is 3.15. The number of carboxylic acid groups (broad SMARTS) is 3. The van der Waals surface area contributed by atoms with E-state index < -0.39 is 42.0 Å². The molecule has 0 saturated carbocycles. The molecule has 202 valence electrons. The van der Waals surface area contributed by atoms with Gasteiger partial charge in [-0.15, -0.1) is 0 Å². The molecule has 2 aromatic rings. The lowest BCUT2D eigenvalue weighted by Gasteiger charge is -2.14. The second kappa shape index (κ2) is 17.5. The summed E-state index contributed by atoms with van der Waals surface area (Å²) in [7, 11) is 0. The molecule has 1 unspecified atom stereocenters. The Morgan fingerprint density at radius 2 is 1.30 bits per heavy atom. The number of carbonyl (C=O) groups is 4. The first-order valence-corrected chi connectivity index (χ1v) is 11.8. The van der Waals surface area contributed by atoms with E-state index in [2.05, 4.69) is 5.32 Å². The third-order valence-corrected chi connectivity index (χ3v) is 5.27. The summed E-state index contributed by atoms with van der Waals surface area (Å²) < 4.78 is 5.03. The molecule has 8 N–H and O–H groups in total. The van der Waals surface area contributed by atoms with Crippen molar-refractivity contribution >= 4 is 24.0 Å². The molecule has 0 fully saturated rings.